The summed E-state index contributed by atoms with van der Waals surface area (Å²) < 4.78 is 0. The number of unbranched alkanes of at least 4 members (excludes halogenated alkanes) is 1. The normalized spacial score (nSPS) is 12.5. The number of H-pyrrole nitrogens is 4. The van der Waals surface area contributed by atoms with Crippen LogP contribution in [0.3, 0.4) is 0 Å². The lowest BCUT2D eigenvalue weighted by Crippen LogP contribution is -2.29. The van der Waals surface area contributed by atoms with Gasteiger partial charge in [-0.3, -0.25) is 9.78 Å². The average molecular weight is 294 g/mol. The highest BCUT2D eigenvalue weighted by atomic mass is 16.3. The maximum atomic E-state index is 12.0. The Morgan fingerprint density at radius 2 is 2.00 bits per heavy atom. The molecule has 2 rings (SSSR count). The first-order valence-corrected chi connectivity index (χ1v) is 6.78. The lowest BCUT2D eigenvalue weighted by molar-refractivity contribution is -0.462. The first-order chi connectivity index (χ1) is 9.95. The molecule has 0 aliphatic carbocycles. The van der Waals surface area contributed by atoms with Gasteiger partial charge in [-0.25, -0.2) is 4.79 Å². The molecule has 2 aromatic rings. The number of hydrogen-bond donors (Lipinski definition) is 4. The van der Waals surface area contributed by atoms with Gasteiger partial charge < -0.3 is 15.2 Å². The number of aromatic amines is 4. The molecule has 0 spiro atoms. The first kappa shape index (κ1) is 14.9. The van der Waals surface area contributed by atoms with E-state index in [1.54, 1.807) is 6.92 Å². The second kappa shape index (κ2) is 5.86. The predicted molar refractivity (Wildman–Crippen MR) is 72.2 cm³/mol. The maximum Gasteiger partial charge on any atom is 0.392 e. The fraction of sp³-hybridized carbons (Fsp3) is 0.462. The van der Waals surface area contributed by atoms with Gasteiger partial charge in [0.15, 0.2) is 0 Å². The van der Waals surface area contributed by atoms with Crippen LogP contribution in [0.2, 0.25) is 0 Å². The molecule has 0 amide bonds. The SMILES string of the molecule is CCCC[C@H](c1c(C)[nH][nH+]c1O)c1c([O-])[nH]c(=O)[nH]c1=O. The van der Waals surface area contributed by atoms with E-state index in [-0.39, 0.29) is 11.4 Å². The monoisotopic (exact) mass is 294 g/mol. The van der Waals surface area contributed by atoms with Crippen molar-refractivity contribution in [3.63, 3.8) is 0 Å². The molecule has 2 aromatic heterocycles. The molecule has 0 saturated heterocycles. The molecule has 2 heterocycles. The van der Waals surface area contributed by atoms with Crippen molar-refractivity contribution in [2.24, 2.45) is 0 Å². The standard InChI is InChI=1S/C13H18N4O4/c1-3-4-5-7(8-6(2)16-17-12(8)20)9-10(18)14-13(21)15-11(9)19/h7H,3-5H2,1-2H3,(H2,16,17,20)(H3,14,15,18,19,21)/t7-/m1/s1. The van der Waals surface area contributed by atoms with E-state index in [1.807, 2.05) is 6.92 Å². The molecule has 0 saturated carbocycles. The quantitative estimate of drug-likeness (QED) is 0.596. The Kier molecular flexibility index (Phi) is 4.15. The molecule has 0 fully saturated rings. The predicted octanol–water partition coefficient (Wildman–Crippen LogP) is -0.385. The van der Waals surface area contributed by atoms with Crippen LogP contribution in [-0.4, -0.2) is 20.2 Å². The molecule has 114 valence electrons. The Morgan fingerprint density at radius 3 is 2.52 bits per heavy atom. The number of aryl methyl sites for hydroxylation is 1. The van der Waals surface area contributed by atoms with Crippen LogP contribution < -0.4 is 21.5 Å². The van der Waals surface area contributed by atoms with E-state index in [0.29, 0.717) is 17.7 Å². The van der Waals surface area contributed by atoms with E-state index in [0.717, 1.165) is 12.8 Å². The summed E-state index contributed by atoms with van der Waals surface area (Å²) in [6, 6.07) is 0. The van der Waals surface area contributed by atoms with Crippen LogP contribution in [0.5, 0.6) is 11.8 Å². The first-order valence-electron chi connectivity index (χ1n) is 6.78. The van der Waals surface area contributed by atoms with Gasteiger partial charge in [-0.1, -0.05) is 24.9 Å². The molecular weight excluding hydrogens is 276 g/mol. The van der Waals surface area contributed by atoms with E-state index < -0.39 is 23.0 Å². The molecule has 21 heavy (non-hydrogen) atoms. The molecule has 5 N–H and O–H groups in total. The molecule has 0 aliphatic rings. The van der Waals surface area contributed by atoms with Gasteiger partial charge in [0.05, 0.1) is 11.3 Å². The summed E-state index contributed by atoms with van der Waals surface area (Å²) in [7, 11) is 0. The van der Waals surface area contributed by atoms with E-state index in [2.05, 4.69) is 20.2 Å². The van der Waals surface area contributed by atoms with Crippen LogP contribution in [0.25, 0.3) is 0 Å². The number of rotatable bonds is 5. The van der Waals surface area contributed by atoms with Gasteiger partial charge in [-0.05, 0) is 19.2 Å². The van der Waals surface area contributed by atoms with Crippen LogP contribution in [0.1, 0.15) is 48.9 Å². The fourth-order valence-electron chi connectivity index (χ4n) is 2.52. The van der Waals surface area contributed by atoms with Crippen molar-refractivity contribution in [1.82, 2.24) is 15.1 Å². The second-order valence-corrected chi connectivity index (χ2v) is 4.98. The summed E-state index contributed by atoms with van der Waals surface area (Å²) in [5, 5.41) is 27.2. The molecule has 0 aliphatic heterocycles. The Balaban J connectivity index is 2.62. The summed E-state index contributed by atoms with van der Waals surface area (Å²) >= 11 is 0. The van der Waals surface area contributed by atoms with Gasteiger partial charge >= 0.3 is 11.6 Å². The third kappa shape index (κ3) is 2.83. The lowest BCUT2D eigenvalue weighted by Gasteiger charge is -2.20. The topological polar surface area (TPSA) is 139 Å². The zero-order valence-corrected chi connectivity index (χ0v) is 11.9. The Labute approximate surface area is 119 Å². The highest BCUT2D eigenvalue weighted by Gasteiger charge is 2.28. The Hall–Kier alpha value is -2.51. The Bertz CT molecular complexity index is 724. The van der Waals surface area contributed by atoms with Crippen molar-refractivity contribution >= 4 is 0 Å². The number of aromatic hydroxyl groups is 1. The van der Waals surface area contributed by atoms with Crippen LogP contribution in [0.4, 0.5) is 0 Å². The molecule has 8 nitrogen and oxygen atoms in total. The van der Waals surface area contributed by atoms with Gasteiger partial charge in [0.25, 0.3) is 5.56 Å². The number of nitrogens with one attached hydrogen (secondary N) is 4. The van der Waals surface area contributed by atoms with Crippen LogP contribution >= 0.6 is 0 Å². The largest absolute Gasteiger partial charge is 0.860 e. The second-order valence-electron chi connectivity index (χ2n) is 4.98. The third-order valence-electron chi connectivity index (χ3n) is 3.51. The lowest BCUT2D eigenvalue weighted by atomic mass is 9.88. The summed E-state index contributed by atoms with van der Waals surface area (Å²) in [5.41, 5.74) is -0.499. The van der Waals surface area contributed by atoms with Crippen molar-refractivity contribution in [2.75, 3.05) is 0 Å². The van der Waals surface area contributed by atoms with Crippen molar-refractivity contribution in [1.29, 1.82) is 0 Å². The van der Waals surface area contributed by atoms with E-state index in [4.69, 9.17) is 0 Å². The fourth-order valence-corrected chi connectivity index (χ4v) is 2.52. The van der Waals surface area contributed by atoms with Gasteiger partial charge in [0, 0.05) is 11.5 Å². The summed E-state index contributed by atoms with van der Waals surface area (Å²) in [5.74, 6) is -1.41. The molecular formula is C13H18N4O4. The van der Waals surface area contributed by atoms with Gasteiger partial charge in [0.1, 0.15) is 0 Å². The van der Waals surface area contributed by atoms with E-state index in [1.165, 1.54) is 0 Å². The van der Waals surface area contributed by atoms with Gasteiger partial charge in [-0.2, -0.15) is 5.10 Å². The van der Waals surface area contributed by atoms with Crippen LogP contribution in [0.15, 0.2) is 9.59 Å². The van der Waals surface area contributed by atoms with Gasteiger partial charge in [-0.15, -0.1) is 0 Å². The molecule has 0 bridgehead atoms. The van der Waals surface area contributed by atoms with Crippen molar-refractivity contribution in [3.8, 4) is 11.8 Å². The minimum atomic E-state index is -0.829. The van der Waals surface area contributed by atoms with E-state index >= 15 is 0 Å². The van der Waals surface area contributed by atoms with Crippen molar-refractivity contribution in [2.45, 2.75) is 39.0 Å². The number of aromatic nitrogens is 4. The average Bonchev–Trinajstić information content (AvgIpc) is 2.72. The molecule has 1 atom stereocenters. The van der Waals surface area contributed by atoms with Crippen LogP contribution in [-0.2, 0) is 0 Å². The minimum absolute atomic E-state index is 0.0607. The highest BCUT2D eigenvalue weighted by molar-refractivity contribution is 5.40. The maximum absolute atomic E-state index is 12.0. The highest BCUT2D eigenvalue weighted by Crippen LogP contribution is 2.35. The Morgan fingerprint density at radius 1 is 1.29 bits per heavy atom. The molecule has 0 unspecified atom stereocenters. The smallest absolute Gasteiger partial charge is 0.392 e. The van der Waals surface area contributed by atoms with Gasteiger partial charge in [0.2, 0.25) is 0 Å². The van der Waals surface area contributed by atoms with Crippen molar-refractivity contribution < 1.29 is 15.3 Å². The summed E-state index contributed by atoms with van der Waals surface area (Å²) in [6.45, 7) is 3.72. The zero-order valence-electron chi connectivity index (χ0n) is 11.9. The summed E-state index contributed by atoms with van der Waals surface area (Å²) in [6.07, 6.45) is 2.16. The van der Waals surface area contributed by atoms with Crippen LogP contribution in [0, 0.1) is 6.92 Å². The third-order valence-corrected chi connectivity index (χ3v) is 3.51. The molecule has 0 radical (unpaired) electrons. The molecule has 8 heteroatoms. The van der Waals surface area contributed by atoms with Crippen molar-refractivity contribution in [3.05, 3.63) is 37.7 Å². The summed E-state index contributed by atoms with van der Waals surface area (Å²) in [4.78, 5) is 27.3. The number of hydrogen-bond acceptors (Lipinski definition) is 4. The zero-order chi connectivity index (χ0) is 15.6. The van der Waals surface area contributed by atoms with E-state index in [9.17, 15) is 19.8 Å². The molecule has 0 aromatic carbocycles. The minimum Gasteiger partial charge on any atom is -0.860 e.